The van der Waals surface area contributed by atoms with Crippen LogP contribution in [0.3, 0.4) is 0 Å². The highest BCUT2D eigenvalue weighted by Gasteiger charge is 2.45. The highest BCUT2D eigenvalue weighted by Crippen LogP contribution is 2.41. The SMILES string of the molecule is CN1CCc2[nH]cnc2C12CCN(C(=O)c1cn(-c3ccccc3)nn1)CC2. The zero-order chi connectivity index (χ0) is 19.1. The van der Waals surface area contributed by atoms with Gasteiger partial charge in [-0.1, -0.05) is 23.4 Å². The lowest BCUT2D eigenvalue weighted by Crippen LogP contribution is -2.55. The molecule has 0 bridgehead atoms. The van der Waals surface area contributed by atoms with Crippen molar-refractivity contribution in [3.63, 3.8) is 0 Å². The van der Waals surface area contributed by atoms with Crippen LogP contribution in [0, 0.1) is 0 Å². The van der Waals surface area contributed by atoms with Crippen LogP contribution < -0.4 is 0 Å². The van der Waals surface area contributed by atoms with Crippen LogP contribution in [0.4, 0.5) is 0 Å². The number of aromatic nitrogens is 5. The average molecular weight is 377 g/mol. The second kappa shape index (κ2) is 6.56. The Morgan fingerprint density at radius 2 is 1.93 bits per heavy atom. The van der Waals surface area contributed by atoms with E-state index in [2.05, 4.69) is 32.2 Å². The number of likely N-dealkylation sites (N-methyl/N-ethyl adjacent to an activating group) is 1. The zero-order valence-electron chi connectivity index (χ0n) is 15.9. The standard InChI is InChI=1S/C20H23N7O/c1-25-10-7-16-18(22-14-21-16)20(25)8-11-26(12-9-20)19(28)17-13-27(24-23-17)15-5-3-2-4-6-15/h2-6,13-14H,7-12H2,1H3,(H,21,22). The van der Waals surface area contributed by atoms with E-state index < -0.39 is 0 Å². The lowest BCUT2D eigenvalue weighted by atomic mass is 9.79. The summed E-state index contributed by atoms with van der Waals surface area (Å²) in [4.78, 5) is 25.2. The number of carbonyl (C=O) groups excluding carboxylic acids is 1. The van der Waals surface area contributed by atoms with Crippen LogP contribution in [0.2, 0.25) is 0 Å². The monoisotopic (exact) mass is 377 g/mol. The summed E-state index contributed by atoms with van der Waals surface area (Å²) in [6, 6.07) is 9.70. The third-order valence-corrected chi connectivity index (χ3v) is 6.20. The summed E-state index contributed by atoms with van der Waals surface area (Å²) in [6.07, 6.45) is 6.25. The molecule has 144 valence electrons. The van der Waals surface area contributed by atoms with Crippen molar-refractivity contribution in [1.29, 1.82) is 0 Å². The summed E-state index contributed by atoms with van der Waals surface area (Å²) in [6.45, 7) is 2.38. The number of rotatable bonds is 2. The van der Waals surface area contributed by atoms with Gasteiger partial charge < -0.3 is 9.88 Å². The molecule has 0 saturated carbocycles. The maximum atomic E-state index is 13.0. The summed E-state index contributed by atoms with van der Waals surface area (Å²) in [5, 5.41) is 8.23. The highest BCUT2D eigenvalue weighted by molar-refractivity contribution is 5.92. The molecule has 8 nitrogen and oxygen atoms in total. The van der Waals surface area contributed by atoms with Crippen molar-refractivity contribution in [2.24, 2.45) is 0 Å². The number of piperidine rings is 1. The number of benzene rings is 1. The van der Waals surface area contributed by atoms with Gasteiger partial charge in [-0.3, -0.25) is 9.69 Å². The normalized spacial score (nSPS) is 19.0. The molecule has 28 heavy (non-hydrogen) atoms. The first-order valence-corrected chi connectivity index (χ1v) is 9.68. The van der Waals surface area contributed by atoms with E-state index in [9.17, 15) is 4.79 Å². The molecule has 1 amide bonds. The Labute approximate surface area is 163 Å². The van der Waals surface area contributed by atoms with E-state index in [-0.39, 0.29) is 11.4 Å². The Hall–Kier alpha value is -3.00. The molecule has 0 radical (unpaired) electrons. The third-order valence-electron chi connectivity index (χ3n) is 6.20. The maximum Gasteiger partial charge on any atom is 0.276 e. The summed E-state index contributed by atoms with van der Waals surface area (Å²) in [5.74, 6) is -0.0576. The van der Waals surface area contributed by atoms with Crippen LogP contribution in [0.15, 0.2) is 42.9 Å². The first-order valence-electron chi connectivity index (χ1n) is 9.68. The number of para-hydroxylation sites is 1. The molecule has 3 aromatic rings. The van der Waals surface area contributed by atoms with Gasteiger partial charge in [0.25, 0.3) is 5.91 Å². The number of H-pyrrole nitrogens is 1. The number of hydrogen-bond acceptors (Lipinski definition) is 5. The molecule has 0 aliphatic carbocycles. The molecule has 2 aromatic heterocycles. The van der Waals surface area contributed by atoms with Crippen molar-refractivity contribution >= 4 is 5.91 Å². The van der Waals surface area contributed by atoms with Crippen molar-refractivity contribution in [3.05, 3.63) is 59.9 Å². The Bertz CT molecular complexity index is 985. The van der Waals surface area contributed by atoms with E-state index in [1.807, 2.05) is 35.2 Å². The number of likely N-dealkylation sites (tertiary alicyclic amines) is 1. The molecular formula is C20H23N7O. The molecule has 1 N–H and O–H groups in total. The number of aromatic amines is 1. The van der Waals surface area contributed by atoms with Crippen molar-refractivity contribution in [2.75, 3.05) is 26.7 Å². The van der Waals surface area contributed by atoms with Crippen LogP contribution in [-0.4, -0.2) is 67.4 Å². The molecule has 5 rings (SSSR count). The van der Waals surface area contributed by atoms with Crippen molar-refractivity contribution in [2.45, 2.75) is 24.8 Å². The van der Waals surface area contributed by atoms with E-state index in [1.165, 1.54) is 5.69 Å². The van der Waals surface area contributed by atoms with Gasteiger partial charge in [-0.2, -0.15) is 0 Å². The number of imidazole rings is 1. The predicted octanol–water partition coefficient (Wildman–Crippen LogP) is 1.61. The fourth-order valence-corrected chi connectivity index (χ4v) is 4.52. The summed E-state index contributed by atoms with van der Waals surface area (Å²) >= 11 is 0. The quantitative estimate of drug-likeness (QED) is 0.734. The van der Waals surface area contributed by atoms with Crippen LogP contribution in [0.1, 0.15) is 34.7 Å². The third kappa shape index (κ3) is 2.63. The van der Waals surface area contributed by atoms with E-state index in [0.29, 0.717) is 18.8 Å². The second-order valence-corrected chi connectivity index (χ2v) is 7.61. The number of nitrogens with zero attached hydrogens (tertiary/aromatic N) is 6. The van der Waals surface area contributed by atoms with Gasteiger partial charge in [0.2, 0.25) is 0 Å². The van der Waals surface area contributed by atoms with E-state index in [0.717, 1.165) is 37.2 Å². The molecular weight excluding hydrogens is 354 g/mol. The van der Waals surface area contributed by atoms with E-state index in [1.54, 1.807) is 17.2 Å². The Balaban J connectivity index is 1.33. The lowest BCUT2D eigenvalue weighted by molar-refractivity contribution is 0.0223. The minimum absolute atomic E-state index is 0.0576. The number of amides is 1. The highest BCUT2D eigenvalue weighted by atomic mass is 16.2. The summed E-state index contributed by atoms with van der Waals surface area (Å²) in [5.41, 5.74) is 3.59. The largest absolute Gasteiger partial charge is 0.348 e. The number of hydrogen-bond donors (Lipinski definition) is 1. The Kier molecular flexibility index (Phi) is 4.01. The van der Waals surface area contributed by atoms with E-state index in [4.69, 9.17) is 0 Å². The van der Waals surface area contributed by atoms with Crippen LogP contribution in [0.25, 0.3) is 5.69 Å². The molecule has 1 spiro atoms. The minimum Gasteiger partial charge on any atom is -0.348 e. The second-order valence-electron chi connectivity index (χ2n) is 7.61. The average Bonchev–Trinajstić information content (AvgIpc) is 3.42. The van der Waals surface area contributed by atoms with Gasteiger partial charge in [-0.05, 0) is 32.0 Å². The first kappa shape index (κ1) is 17.1. The Morgan fingerprint density at radius 3 is 2.71 bits per heavy atom. The lowest BCUT2D eigenvalue weighted by Gasteiger charge is -2.49. The number of carbonyl (C=O) groups is 1. The molecule has 1 saturated heterocycles. The fourth-order valence-electron chi connectivity index (χ4n) is 4.52. The molecule has 4 heterocycles. The van der Waals surface area contributed by atoms with Gasteiger partial charge >= 0.3 is 0 Å². The Morgan fingerprint density at radius 1 is 1.14 bits per heavy atom. The molecule has 1 aromatic carbocycles. The molecule has 2 aliphatic rings. The van der Waals surface area contributed by atoms with E-state index >= 15 is 0 Å². The molecule has 1 fully saturated rings. The smallest absolute Gasteiger partial charge is 0.276 e. The predicted molar refractivity (Wildman–Crippen MR) is 103 cm³/mol. The van der Waals surface area contributed by atoms with Crippen LogP contribution >= 0.6 is 0 Å². The molecule has 0 atom stereocenters. The van der Waals surface area contributed by atoms with Crippen LogP contribution in [0.5, 0.6) is 0 Å². The van der Waals surface area contributed by atoms with Crippen LogP contribution in [-0.2, 0) is 12.0 Å². The summed E-state index contributed by atoms with van der Waals surface area (Å²) in [7, 11) is 2.17. The zero-order valence-corrected chi connectivity index (χ0v) is 15.9. The topological polar surface area (TPSA) is 82.9 Å². The number of fused-ring (bicyclic) bond motifs is 2. The van der Waals surface area contributed by atoms with Gasteiger partial charge in [-0.25, -0.2) is 9.67 Å². The van der Waals surface area contributed by atoms with Gasteiger partial charge in [-0.15, -0.1) is 5.10 Å². The minimum atomic E-state index is -0.0774. The van der Waals surface area contributed by atoms with Crippen molar-refractivity contribution in [1.82, 2.24) is 34.8 Å². The molecule has 2 aliphatic heterocycles. The molecule has 0 unspecified atom stereocenters. The van der Waals surface area contributed by atoms with Gasteiger partial charge in [0.15, 0.2) is 5.69 Å². The van der Waals surface area contributed by atoms with Gasteiger partial charge in [0.1, 0.15) is 0 Å². The maximum absolute atomic E-state index is 13.0. The molecule has 8 heteroatoms. The number of nitrogens with one attached hydrogen (secondary N) is 1. The van der Waals surface area contributed by atoms with Gasteiger partial charge in [0.05, 0.1) is 29.4 Å². The van der Waals surface area contributed by atoms with Gasteiger partial charge in [0, 0.05) is 31.7 Å². The fraction of sp³-hybridized carbons (Fsp3) is 0.400. The van der Waals surface area contributed by atoms with Crippen molar-refractivity contribution in [3.8, 4) is 5.69 Å². The summed E-state index contributed by atoms with van der Waals surface area (Å²) < 4.78 is 1.64. The van der Waals surface area contributed by atoms with Crippen molar-refractivity contribution < 1.29 is 4.79 Å². The first-order chi connectivity index (χ1) is 13.7.